The van der Waals surface area contributed by atoms with Crippen LogP contribution in [0.3, 0.4) is 0 Å². The van der Waals surface area contributed by atoms with Crippen molar-refractivity contribution in [3.05, 3.63) is 41.3 Å². The van der Waals surface area contributed by atoms with E-state index < -0.39 is 10.0 Å². The first-order valence-electron chi connectivity index (χ1n) is 11.1. The van der Waals surface area contributed by atoms with E-state index in [0.29, 0.717) is 38.8 Å². The first-order valence-corrected chi connectivity index (χ1v) is 12.6. The molecule has 0 N–H and O–H groups in total. The van der Waals surface area contributed by atoms with Gasteiger partial charge < -0.3 is 4.90 Å². The van der Waals surface area contributed by atoms with Crippen LogP contribution in [0.1, 0.15) is 51.5 Å². The average Bonchev–Trinajstić information content (AvgIpc) is 2.74. The maximum absolute atomic E-state index is 13.0. The monoisotopic (exact) mass is 433 g/mol. The third-order valence-electron chi connectivity index (χ3n) is 6.09. The van der Waals surface area contributed by atoms with Crippen LogP contribution in [0.5, 0.6) is 0 Å². The summed E-state index contributed by atoms with van der Waals surface area (Å²) in [5, 5.41) is 1.28. The average molecular weight is 434 g/mol. The minimum atomic E-state index is -3.45. The van der Waals surface area contributed by atoms with E-state index in [0.717, 1.165) is 18.4 Å². The van der Waals surface area contributed by atoms with Crippen LogP contribution < -0.4 is 0 Å². The van der Waals surface area contributed by atoms with E-state index in [2.05, 4.69) is 23.6 Å². The second-order valence-corrected chi connectivity index (χ2v) is 10.4. The number of hydrogen-bond acceptors (Lipinski definition) is 4. The van der Waals surface area contributed by atoms with Gasteiger partial charge in [0.05, 0.1) is 6.54 Å². The largest absolute Gasteiger partial charge is 0.336 e. The van der Waals surface area contributed by atoms with Crippen LogP contribution in [0.4, 0.5) is 0 Å². The van der Waals surface area contributed by atoms with E-state index in [4.69, 9.17) is 0 Å². The van der Waals surface area contributed by atoms with Crippen LogP contribution in [0.2, 0.25) is 0 Å². The molecule has 0 spiro atoms. The second-order valence-electron chi connectivity index (χ2n) is 8.62. The molecular weight excluding hydrogens is 398 g/mol. The Balaban J connectivity index is 1.53. The third-order valence-corrected chi connectivity index (χ3v) is 7.66. The molecule has 2 aliphatic rings. The number of carbonyl (C=O) groups is 1. The van der Waals surface area contributed by atoms with Crippen molar-refractivity contribution in [1.29, 1.82) is 0 Å². The van der Waals surface area contributed by atoms with Crippen LogP contribution in [0.15, 0.2) is 35.7 Å². The van der Waals surface area contributed by atoms with E-state index >= 15 is 0 Å². The molecule has 1 amide bonds. The number of piperazine rings is 1. The van der Waals surface area contributed by atoms with Gasteiger partial charge in [0.25, 0.3) is 0 Å². The van der Waals surface area contributed by atoms with Gasteiger partial charge in [-0.1, -0.05) is 49.6 Å². The van der Waals surface area contributed by atoms with Crippen LogP contribution >= 0.6 is 0 Å². The lowest BCUT2D eigenvalue weighted by Crippen LogP contribution is -2.54. The number of amides is 1. The smallest absolute Gasteiger partial charge is 0.237 e. The topological polar surface area (TPSA) is 60.9 Å². The molecule has 1 aliphatic carbocycles. The summed E-state index contributed by atoms with van der Waals surface area (Å²) in [5.74, 6) is 0.178. The Bertz CT molecular complexity index is 809. The minimum Gasteiger partial charge on any atom is -0.336 e. The van der Waals surface area contributed by atoms with Gasteiger partial charge in [0.15, 0.2) is 0 Å². The molecule has 2 fully saturated rings. The lowest BCUT2D eigenvalue weighted by Gasteiger charge is -2.39. The van der Waals surface area contributed by atoms with Gasteiger partial charge in [0, 0.05) is 43.7 Å². The fraction of sp³-hybridized carbons (Fsp3) is 0.609. The summed E-state index contributed by atoms with van der Waals surface area (Å²) in [7, 11) is -3.45. The van der Waals surface area contributed by atoms with Gasteiger partial charge in [0.2, 0.25) is 15.9 Å². The van der Waals surface area contributed by atoms with Crippen LogP contribution in [0.25, 0.3) is 6.08 Å². The van der Waals surface area contributed by atoms with Gasteiger partial charge in [-0.3, -0.25) is 9.69 Å². The van der Waals surface area contributed by atoms with Gasteiger partial charge in [-0.2, -0.15) is 4.31 Å². The summed E-state index contributed by atoms with van der Waals surface area (Å²) in [5.41, 5.74) is 0.863. The Hall–Kier alpha value is -1.70. The molecule has 6 nitrogen and oxygen atoms in total. The molecule has 3 rings (SSSR count). The van der Waals surface area contributed by atoms with Crippen molar-refractivity contribution in [3.8, 4) is 0 Å². The van der Waals surface area contributed by atoms with E-state index in [1.807, 2.05) is 30.3 Å². The third kappa shape index (κ3) is 6.15. The zero-order valence-corrected chi connectivity index (χ0v) is 19.1. The normalized spacial score (nSPS) is 20.1. The van der Waals surface area contributed by atoms with E-state index in [1.54, 1.807) is 6.08 Å². The van der Waals surface area contributed by atoms with Crippen LogP contribution in [0, 0.1) is 0 Å². The van der Waals surface area contributed by atoms with Crippen molar-refractivity contribution in [2.75, 3.05) is 32.7 Å². The van der Waals surface area contributed by atoms with E-state index in [-0.39, 0.29) is 11.9 Å². The number of rotatable bonds is 7. The van der Waals surface area contributed by atoms with Crippen molar-refractivity contribution < 1.29 is 13.2 Å². The predicted octanol–water partition coefficient (Wildman–Crippen LogP) is 3.17. The zero-order chi connectivity index (χ0) is 21.6. The lowest BCUT2D eigenvalue weighted by molar-refractivity contribution is -0.137. The standard InChI is InChI=1S/C23H35N3O3S/c1-20(2)26(22-11-7-4-8-12-22)23(27)19-24-14-16-25(17-15-24)30(28,29)18-13-21-9-5-3-6-10-21/h3,5-6,9-10,13,18,20,22H,4,7-8,11-12,14-17,19H2,1-2H3/b18-13+. The minimum absolute atomic E-state index is 0.178. The molecule has 1 aromatic carbocycles. The summed E-state index contributed by atoms with van der Waals surface area (Å²) in [4.78, 5) is 17.2. The quantitative estimate of drug-likeness (QED) is 0.663. The number of hydrogen-bond donors (Lipinski definition) is 0. The molecule has 0 bridgehead atoms. The number of benzene rings is 1. The lowest BCUT2D eigenvalue weighted by atomic mass is 9.93. The predicted molar refractivity (Wildman–Crippen MR) is 121 cm³/mol. The highest BCUT2D eigenvalue weighted by Gasteiger charge is 2.31. The Morgan fingerprint density at radius 3 is 2.30 bits per heavy atom. The molecule has 7 heteroatoms. The van der Waals surface area contributed by atoms with Gasteiger partial charge in [0.1, 0.15) is 0 Å². The SMILES string of the molecule is CC(C)N(C(=O)CN1CCN(S(=O)(=O)/C=C/c2ccccc2)CC1)C1CCCCC1. The van der Waals surface area contributed by atoms with Gasteiger partial charge in [-0.25, -0.2) is 8.42 Å². The maximum Gasteiger partial charge on any atom is 0.237 e. The molecule has 1 aromatic rings. The Morgan fingerprint density at radius 1 is 1.07 bits per heavy atom. The Labute approximate surface area is 181 Å². The highest BCUT2D eigenvalue weighted by molar-refractivity contribution is 7.92. The first kappa shape index (κ1) is 23.0. The van der Waals surface area contributed by atoms with E-state index in [1.165, 1.54) is 29.0 Å². The fourth-order valence-corrected chi connectivity index (χ4v) is 5.68. The van der Waals surface area contributed by atoms with Crippen LogP contribution in [-0.4, -0.2) is 73.2 Å². The Morgan fingerprint density at radius 2 is 1.70 bits per heavy atom. The molecule has 166 valence electrons. The summed E-state index contributed by atoms with van der Waals surface area (Å²) in [6, 6.07) is 9.98. The summed E-state index contributed by atoms with van der Waals surface area (Å²) in [6.45, 7) is 6.57. The van der Waals surface area contributed by atoms with Gasteiger partial charge in [-0.15, -0.1) is 0 Å². The number of nitrogens with zero attached hydrogens (tertiary/aromatic N) is 3. The molecule has 0 radical (unpaired) electrons. The van der Waals surface area contributed by atoms with Gasteiger partial charge in [-0.05, 0) is 38.3 Å². The van der Waals surface area contributed by atoms with Crippen molar-refractivity contribution in [1.82, 2.24) is 14.1 Å². The maximum atomic E-state index is 13.0. The molecule has 0 aromatic heterocycles. The number of carbonyl (C=O) groups excluding carboxylic acids is 1. The van der Waals surface area contributed by atoms with Crippen molar-refractivity contribution in [2.24, 2.45) is 0 Å². The molecule has 0 atom stereocenters. The summed E-state index contributed by atoms with van der Waals surface area (Å²) in [6.07, 6.45) is 7.51. The molecule has 0 unspecified atom stereocenters. The Kier molecular flexibility index (Phi) is 8.08. The summed E-state index contributed by atoms with van der Waals surface area (Å²) < 4.78 is 26.8. The second kappa shape index (κ2) is 10.6. The molecule has 1 heterocycles. The zero-order valence-electron chi connectivity index (χ0n) is 18.2. The number of sulfonamides is 1. The fourth-order valence-electron chi connectivity index (χ4n) is 4.50. The molecule has 1 saturated carbocycles. The van der Waals surface area contributed by atoms with Crippen molar-refractivity contribution in [3.63, 3.8) is 0 Å². The van der Waals surface area contributed by atoms with Gasteiger partial charge >= 0.3 is 0 Å². The highest BCUT2D eigenvalue weighted by atomic mass is 32.2. The molecule has 1 aliphatic heterocycles. The highest BCUT2D eigenvalue weighted by Crippen LogP contribution is 2.24. The van der Waals surface area contributed by atoms with Crippen molar-refractivity contribution in [2.45, 2.75) is 58.0 Å². The molecule has 1 saturated heterocycles. The van der Waals surface area contributed by atoms with E-state index in [9.17, 15) is 13.2 Å². The van der Waals surface area contributed by atoms with Crippen LogP contribution in [-0.2, 0) is 14.8 Å². The molecular formula is C23H35N3O3S. The van der Waals surface area contributed by atoms with Crippen molar-refractivity contribution >= 4 is 22.0 Å². The molecule has 30 heavy (non-hydrogen) atoms. The first-order chi connectivity index (χ1) is 14.4. The summed E-state index contributed by atoms with van der Waals surface area (Å²) >= 11 is 0.